The third-order valence-corrected chi connectivity index (χ3v) is 3.46. The topological polar surface area (TPSA) is 20.2 Å². The third-order valence-electron chi connectivity index (χ3n) is 3.46. The van der Waals surface area contributed by atoms with Crippen molar-refractivity contribution in [3.05, 3.63) is 37.0 Å². The molecule has 0 aromatic heterocycles. The molecule has 0 saturated carbocycles. The predicted octanol–water partition coefficient (Wildman–Crippen LogP) is 5.96. The molecule has 0 spiro atoms. The zero-order chi connectivity index (χ0) is 14.7. The second-order valence-corrected chi connectivity index (χ2v) is 5.40. The van der Waals surface area contributed by atoms with Gasteiger partial charge in [-0.2, -0.15) is 0 Å². The van der Waals surface area contributed by atoms with Gasteiger partial charge in [-0.15, -0.1) is 6.58 Å². The summed E-state index contributed by atoms with van der Waals surface area (Å²) in [6, 6.07) is 0. The minimum Gasteiger partial charge on any atom is -0.392 e. The molecule has 1 heteroatoms. The molecular formula is C19H34O. The largest absolute Gasteiger partial charge is 0.392 e. The van der Waals surface area contributed by atoms with Crippen molar-refractivity contribution in [1.29, 1.82) is 0 Å². The lowest BCUT2D eigenvalue weighted by Gasteiger charge is -1.98. The van der Waals surface area contributed by atoms with Gasteiger partial charge in [-0.1, -0.05) is 56.1 Å². The minimum atomic E-state index is 0.180. The summed E-state index contributed by atoms with van der Waals surface area (Å²) >= 11 is 0. The molecule has 20 heavy (non-hydrogen) atoms. The van der Waals surface area contributed by atoms with E-state index in [1.807, 2.05) is 12.2 Å². The van der Waals surface area contributed by atoms with Crippen LogP contribution in [0.25, 0.3) is 0 Å². The number of hydrogen-bond acceptors (Lipinski definition) is 1. The molecule has 0 bridgehead atoms. The van der Waals surface area contributed by atoms with Gasteiger partial charge in [-0.05, 0) is 51.4 Å². The molecule has 0 fully saturated rings. The second kappa shape index (κ2) is 18.2. The highest BCUT2D eigenvalue weighted by atomic mass is 16.2. The lowest BCUT2D eigenvalue weighted by atomic mass is 10.1. The van der Waals surface area contributed by atoms with Crippen LogP contribution in [0.3, 0.4) is 0 Å². The van der Waals surface area contributed by atoms with Gasteiger partial charge < -0.3 is 5.11 Å². The SMILES string of the molecule is C=CCCCCCCC=CCCCCCCC=CCO. The summed E-state index contributed by atoms with van der Waals surface area (Å²) in [6.07, 6.45) is 26.0. The van der Waals surface area contributed by atoms with Crippen molar-refractivity contribution in [2.75, 3.05) is 6.61 Å². The van der Waals surface area contributed by atoms with Gasteiger partial charge >= 0.3 is 0 Å². The van der Waals surface area contributed by atoms with Crippen LogP contribution in [0.15, 0.2) is 37.0 Å². The first kappa shape index (κ1) is 19.2. The van der Waals surface area contributed by atoms with Gasteiger partial charge in [0.25, 0.3) is 0 Å². The maximum Gasteiger partial charge on any atom is 0.0612 e. The van der Waals surface area contributed by atoms with E-state index in [0.717, 1.165) is 6.42 Å². The summed E-state index contributed by atoms with van der Waals surface area (Å²) in [5.74, 6) is 0. The standard InChI is InChI=1S/C19H34O/c1-2-3-4-5-6-7-8-9-10-11-12-13-14-15-16-17-18-19-20/h2,9-10,17-18,20H,1,3-8,11-16,19H2. The monoisotopic (exact) mass is 278 g/mol. The van der Waals surface area contributed by atoms with Crippen molar-refractivity contribution in [3.8, 4) is 0 Å². The van der Waals surface area contributed by atoms with Crippen LogP contribution >= 0.6 is 0 Å². The third kappa shape index (κ3) is 17.2. The molecule has 0 aromatic rings. The Bertz CT molecular complexity index is 240. The molecule has 0 amide bonds. The Morgan fingerprint density at radius 1 is 0.550 bits per heavy atom. The fourth-order valence-electron chi connectivity index (χ4n) is 2.21. The van der Waals surface area contributed by atoms with Crippen LogP contribution in [0.5, 0.6) is 0 Å². The summed E-state index contributed by atoms with van der Waals surface area (Å²) in [5.41, 5.74) is 0. The molecule has 0 aromatic carbocycles. The van der Waals surface area contributed by atoms with Crippen molar-refractivity contribution in [2.45, 2.75) is 77.0 Å². The lowest BCUT2D eigenvalue weighted by Crippen LogP contribution is -1.78. The van der Waals surface area contributed by atoms with E-state index in [9.17, 15) is 0 Å². The van der Waals surface area contributed by atoms with Gasteiger partial charge in [0.15, 0.2) is 0 Å². The fraction of sp³-hybridized carbons (Fsp3) is 0.684. The Morgan fingerprint density at radius 3 is 1.35 bits per heavy atom. The van der Waals surface area contributed by atoms with E-state index < -0.39 is 0 Å². The van der Waals surface area contributed by atoms with Crippen molar-refractivity contribution < 1.29 is 5.11 Å². The molecule has 116 valence electrons. The van der Waals surface area contributed by atoms with Crippen molar-refractivity contribution in [3.63, 3.8) is 0 Å². The van der Waals surface area contributed by atoms with E-state index in [2.05, 4.69) is 24.8 Å². The van der Waals surface area contributed by atoms with Crippen LogP contribution < -0.4 is 0 Å². The highest BCUT2D eigenvalue weighted by molar-refractivity contribution is 4.82. The molecule has 0 aliphatic carbocycles. The van der Waals surface area contributed by atoms with Crippen LogP contribution in [0, 0.1) is 0 Å². The average molecular weight is 278 g/mol. The summed E-state index contributed by atoms with van der Waals surface area (Å²) in [6.45, 7) is 3.92. The van der Waals surface area contributed by atoms with Gasteiger partial charge in [0, 0.05) is 0 Å². The lowest BCUT2D eigenvalue weighted by molar-refractivity contribution is 0.342. The number of allylic oxidation sites excluding steroid dienone is 4. The first-order valence-corrected chi connectivity index (χ1v) is 8.43. The second-order valence-electron chi connectivity index (χ2n) is 5.40. The maximum absolute atomic E-state index is 8.58. The van der Waals surface area contributed by atoms with E-state index in [0.29, 0.717) is 0 Å². The van der Waals surface area contributed by atoms with E-state index in [4.69, 9.17) is 5.11 Å². The fourth-order valence-corrected chi connectivity index (χ4v) is 2.21. The van der Waals surface area contributed by atoms with Crippen LogP contribution in [0.2, 0.25) is 0 Å². The van der Waals surface area contributed by atoms with Crippen molar-refractivity contribution >= 4 is 0 Å². The molecule has 0 heterocycles. The van der Waals surface area contributed by atoms with Crippen LogP contribution in [-0.2, 0) is 0 Å². The maximum atomic E-state index is 8.58. The number of hydrogen-bond donors (Lipinski definition) is 1. The Balaban J connectivity index is 3.08. The molecule has 0 rings (SSSR count). The summed E-state index contributed by atoms with van der Waals surface area (Å²) in [7, 11) is 0. The average Bonchev–Trinajstić information content (AvgIpc) is 2.47. The van der Waals surface area contributed by atoms with Gasteiger partial charge in [-0.3, -0.25) is 0 Å². The van der Waals surface area contributed by atoms with Crippen molar-refractivity contribution in [2.24, 2.45) is 0 Å². The Morgan fingerprint density at radius 2 is 0.950 bits per heavy atom. The Labute approximate surface area is 126 Å². The molecule has 0 atom stereocenters. The van der Waals surface area contributed by atoms with E-state index in [1.165, 1.54) is 70.6 Å². The molecule has 0 unspecified atom stereocenters. The van der Waals surface area contributed by atoms with E-state index in [-0.39, 0.29) is 6.61 Å². The zero-order valence-corrected chi connectivity index (χ0v) is 13.2. The quantitative estimate of drug-likeness (QED) is 0.289. The molecule has 0 saturated heterocycles. The highest BCUT2D eigenvalue weighted by Gasteiger charge is 1.89. The molecule has 1 N–H and O–H groups in total. The summed E-state index contributed by atoms with van der Waals surface area (Å²) < 4.78 is 0. The van der Waals surface area contributed by atoms with Crippen LogP contribution in [-0.4, -0.2) is 11.7 Å². The summed E-state index contributed by atoms with van der Waals surface area (Å²) in [4.78, 5) is 0. The summed E-state index contributed by atoms with van der Waals surface area (Å²) in [5, 5.41) is 8.58. The normalized spacial score (nSPS) is 11.7. The molecule has 0 radical (unpaired) electrons. The van der Waals surface area contributed by atoms with E-state index >= 15 is 0 Å². The first-order valence-electron chi connectivity index (χ1n) is 8.43. The van der Waals surface area contributed by atoms with Gasteiger partial charge in [0.2, 0.25) is 0 Å². The molecule has 1 nitrogen and oxygen atoms in total. The predicted molar refractivity (Wildman–Crippen MR) is 91.0 cm³/mol. The van der Waals surface area contributed by atoms with Gasteiger partial charge in [-0.25, -0.2) is 0 Å². The number of unbranched alkanes of at least 4 members (excludes halogenated alkanes) is 10. The smallest absolute Gasteiger partial charge is 0.0612 e. The number of rotatable bonds is 15. The Hall–Kier alpha value is -0.820. The van der Waals surface area contributed by atoms with E-state index in [1.54, 1.807) is 0 Å². The minimum absolute atomic E-state index is 0.180. The first-order chi connectivity index (χ1) is 9.91. The van der Waals surface area contributed by atoms with Gasteiger partial charge in [0.05, 0.1) is 6.61 Å². The number of aliphatic hydroxyl groups excluding tert-OH is 1. The van der Waals surface area contributed by atoms with Crippen LogP contribution in [0.4, 0.5) is 0 Å². The molecular weight excluding hydrogens is 244 g/mol. The Kier molecular flexibility index (Phi) is 17.4. The molecule has 0 aliphatic heterocycles. The number of aliphatic hydroxyl groups is 1. The molecule has 0 aliphatic rings. The van der Waals surface area contributed by atoms with Crippen molar-refractivity contribution in [1.82, 2.24) is 0 Å². The van der Waals surface area contributed by atoms with Gasteiger partial charge in [0.1, 0.15) is 0 Å². The zero-order valence-electron chi connectivity index (χ0n) is 13.2. The van der Waals surface area contributed by atoms with Crippen LogP contribution in [0.1, 0.15) is 77.0 Å². The highest BCUT2D eigenvalue weighted by Crippen LogP contribution is 2.08.